The molecule has 2 amide bonds. The summed E-state index contributed by atoms with van der Waals surface area (Å²) < 4.78 is 9.80. The van der Waals surface area contributed by atoms with E-state index >= 15 is 0 Å². The van der Waals surface area contributed by atoms with Gasteiger partial charge in [0.25, 0.3) is 11.8 Å². The Morgan fingerprint density at radius 3 is 2.56 bits per heavy atom. The Morgan fingerprint density at radius 2 is 1.81 bits per heavy atom. The molecule has 27 heavy (non-hydrogen) atoms. The standard InChI is InChI=1S/C19H22N2O5S/c22-17(20-10-12-27-14-15-5-2-1-3-6-15)13-26-18(23)8-9-21-19(24)16-7-4-11-25-16/h1-7,11H,8-10,12-14H2,(H,20,22)(H,21,24). The van der Waals surface area contributed by atoms with Crippen molar-refractivity contribution >= 4 is 29.5 Å². The van der Waals surface area contributed by atoms with Crippen LogP contribution in [0.1, 0.15) is 22.5 Å². The van der Waals surface area contributed by atoms with Crippen LogP contribution in [0.4, 0.5) is 0 Å². The van der Waals surface area contributed by atoms with Crippen LogP contribution in [-0.4, -0.2) is 43.2 Å². The summed E-state index contributed by atoms with van der Waals surface area (Å²) in [5.74, 6) is 0.529. The lowest BCUT2D eigenvalue weighted by Crippen LogP contribution is -2.31. The summed E-state index contributed by atoms with van der Waals surface area (Å²) in [4.78, 5) is 34.8. The number of esters is 1. The van der Waals surface area contributed by atoms with E-state index in [0.717, 1.165) is 11.5 Å². The van der Waals surface area contributed by atoms with Crippen LogP contribution in [0.25, 0.3) is 0 Å². The highest BCUT2D eigenvalue weighted by molar-refractivity contribution is 7.98. The number of nitrogens with one attached hydrogen (secondary N) is 2. The van der Waals surface area contributed by atoms with E-state index in [2.05, 4.69) is 22.8 Å². The molecule has 1 aromatic heterocycles. The van der Waals surface area contributed by atoms with Gasteiger partial charge in [0, 0.05) is 24.6 Å². The van der Waals surface area contributed by atoms with Crippen molar-refractivity contribution in [2.24, 2.45) is 0 Å². The number of furan rings is 1. The largest absolute Gasteiger partial charge is 0.459 e. The lowest BCUT2D eigenvalue weighted by Gasteiger charge is -2.07. The van der Waals surface area contributed by atoms with Crippen LogP contribution in [0.3, 0.4) is 0 Å². The smallest absolute Gasteiger partial charge is 0.308 e. The number of rotatable bonds is 11. The zero-order chi connectivity index (χ0) is 19.3. The Bertz CT molecular complexity index is 719. The number of hydrogen-bond acceptors (Lipinski definition) is 6. The normalized spacial score (nSPS) is 10.2. The van der Waals surface area contributed by atoms with Gasteiger partial charge in [-0.05, 0) is 17.7 Å². The first-order valence-electron chi connectivity index (χ1n) is 8.51. The van der Waals surface area contributed by atoms with E-state index in [-0.39, 0.29) is 31.2 Å². The van der Waals surface area contributed by atoms with Crippen LogP contribution >= 0.6 is 11.8 Å². The van der Waals surface area contributed by atoms with Crippen LogP contribution in [0.2, 0.25) is 0 Å². The van der Waals surface area contributed by atoms with Crippen LogP contribution in [0, 0.1) is 0 Å². The molecule has 2 aromatic rings. The quantitative estimate of drug-likeness (QED) is 0.450. The molecule has 1 aromatic carbocycles. The Kier molecular flexibility index (Phi) is 8.99. The molecule has 2 N–H and O–H groups in total. The molecular weight excluding hydrogens is 368 g/mol. The highest BCUT2D eigenvalue weighted by atomic mass is 32.2. The van der Waals surface area contributed by atoms with Gasteiger partial charge in [-0.25, -0.2) is 0 Å². The molecule has 0 spiro atoms. The van der Waals surface area contributed by atoms with Gasteiger partial charge in [0.2, 0.25) is 0 Å². The molecule has 2 rings (SSSR count). The lowest BCUT2D eigenvalue weighted by atomic mass is 10.2. The minimum atomic E-state index is -0.552. The SMILES string of the molecule is O=C(COC(=O)CCNC(=O)c1ccco1)NCCSCc1ccccc1. The first kappa shape index (κ1) is 20.6. The maximum absolute atomic E-state index is 11.6. The molecule has 1 heterocycles. The van der Waals surface area contributed by atoms with Gasteiger partial charge in [0.15, 0.2) is 12.4 Å². The van der Waals surface area contributed by atoms with E-state index in [1.54, 1.807) is 17.8 Å². The molecule has 7 nitrogen and oxygen atoms in total. The van der Waals surface area contributed by atoms with E-state index in [9.17, 15) is 14.4 Å². The number of ether oxygens (including phenoxy) is 1. The van der Waals surface area contributed by atoms with E-state index < -0.39 is 11.9 Å². The third kappa shape index (κ3) is 8.46. The van der Waals surface area contributed by atoms with Crippen LogP contribution in [0.15, 0.2) is 53.1 Å². The van der Waals surface area contributed by atoms with Crippen LogP contribution in [-0.2, 0) is 20.1 Å². The Labute approximate surface area is 161 Å². The molecule has 0 radical (unpaired) electrons. The minimum absolute atomic E-state index is 0.0212. The van der Waals surface area contributed by atoms with Crippen molar-refractivity contribution < 1.29 is 23.5 Å². The lowest BCUT2D eigenvalue weighted by molar-refractivity contribution is -0.148. The van der Waals surface area contributed by atoms with Gasteiger partial charge < -0.3 is 19.8 Å². The zero-order valence-electron chi connectivity index (χ0n) is 14.8. The Hall–Kier alpha value is -2.74. The Balaban J connectivity index is 1.47. The summed E-state index contributed by atoms with van der Waals surface area (Å²) in [6.45, 7) is 0.289. The predicted molar refractivity (Wildman–Crippen MR) is 102 cm³/mol. The van der Waals surface area contributed by atoms with Crippen molar-refractivity contribution in [2.45, 2.75) is 12.2 Å². The van der Waals surface area contributed by atoms with Gasteiger partial charge in [0.05, 0.1) is 12.7 Å². The van der Waals surface area contributed by atoms with E-state index in [1.807, 2.05) is 18.2 Å². The highest BCUT2D eigenvalue weighted by Crippen LogP contribution is 2.10. The summed E-state index contributed by atoms with van der Waals surface area (Å²) >= 11 is 1.71. The molecule has 0 aliphatic rings. The van der Waals surface area contributed by atoms with Crippen LogP contribution in [0.5, 0.6) is 0 Å². The average Bonchev–Trinajstić information content (AvgIpc) is 3.22. The first-order chi connectivity index (χ1) is 13.1. The fourth-order valence-corrected chi connectivity index (χ4v) is 2.89. The summed E-state index contributed by atoms with van der Waals surface area (Å²) in [6.07, 6.45) is 1.37. The first-order valence-corrected chi connectivity index (χ1v) is 9.66. The van der Waals surface area contributed by atoms with Gasteiger partial charge in [-0.15, -0.1) is 0 Å². The summed E-state index contributed by atoms with van der Waals surface area (Å²) in [5.41, 5.74) is 1.24. The summed E-state index contributed by atoms with van der Waals surface area (Å²) in [5, 5.41) is 5.23. The number of thioether (sulfide) groups is 1. The van der Waals surface area contributed by atoms with Gasteiger partial charge in [0.1, 0.15) is 0 Å². The summed E-state index contributed by atoms with van der Waals surface area (Å²) in [7, 11) is 0. The fourth-order valence-electron chi connectivity index (χ4n) is 2.07. The molecule has 0 saturated carbocycles. The second kappa shape index (κ2) is 11.8. The number of carbonyl (C=O) groups excluding carboxylic acids is 3. The predicted octanol–water partition coefficient (Wildman–Crippen LogP) is 1.99. The van der Waals surface area contributed by atoms with Crippen molar-refractivity contribution in [3.63, 3.8) is 0 Å². The third-order valence-electron chi connectivity index (χ3n) is 3.40. The van der Waals surface area contributed by atoms with Gasteiger partial charge in [-0.2, -0.15) is 11.8 Å². The molecular formula is C19H22N2O5S. The van der Waals surface area contributed by atoms with Crippen molar-refractivity contribution in [2.75, 3.05) is 25.4 Å². The van der Waals surface area contributed by atoms with Crippen molar-refractivity contribution in [1.82, 2.24) is 10.6 Å². The number of hydrogen-bond donors (Lipinski definition) is 2. The minimum Gasteiger partial charge on any atom is -0.459 e. The van der Waals surface area contributed by atoms with E-state index in [0.29, 0.717) is 6.54 Å². The number of benzene rings is 1. The molecule has 144 valence electrons. The molecule has 0 aliphatic carbocycles. The average molecular weight is 390 g/mol. The van der Waals surface area contributed by atoms with E-state index in [4.69, 9.17) is 9.15 Å². The number of amides is 2. The van der Waals surface area contributed by atoms with Gasteiger partial charge in [-0.1, -0.05) is 30.3 Å². The second-order valence-electron chi connectivity index (χ2n) is 5.53. The summed E-state index contributed by atoms with van der Waals surface area (Å²) in [6, 6.07) is 13.2. The van der Waals surface area contributed by atoms with Gasteiger partial charge in [-0.3, -0.25) is 14.4 Å². The monoisotopic (exact) mass is 390 g/mol. The molecule has 0 bridgehead atoms. The third-order valence-corrected chi connectivity index (χ3v) is 4.43. The van der Waals surface area contributed by atoms with Crippen molar-refractivity contribution in [3.05, 3.63) is 60.1 Å². The second-order valence-corrected chi connectivity index (χ2v) is 6.64. The topological polar surface area (TPSA) is 97.6 Å². The van der Waals surface area contributed by atoms with E-state index in [1.165, 1.54) is 17.9 Å². The van der Waals surface area contributed by atoms with Crippen LogP contribution < -0.4 is 10.6 Å². The highest BCUT2D eigenvalue weighted by Gasteiger charge is 2.10. The molecule has 0 fully saturated rings. The maximum Gasteiger partial charge on any atom is 0.308 e. The number of carbonyl (C=O) groups is 3. The van der Waals surface area contributed by atoms with Crippen molar-refractivity contribution in [1.29, 1.82) is 0 Å². The zero-order valence-corrected chi connectivity index (χ0v) is 15.6. The van der Waals surface area contributed by atoms with Crippen molar-refractivity contribution in [3.8, 4) is 0 Å². The molecule has 0 aliphatic heterocycles. The molecule has 8 heteroatoms. The Morgan fingerprint density at radius 1 is 1.00 bits per heavy atom. The molecule has 0 unspecified atom stereocenters. The van der Waals surface area contributed by atoms with Gasteiger partial charge >= 0.3 is 5.97 Å². The molecule has 0 saturated heterocycles. The maximum atomic E-state index is 11.6. The fraction of sp³-hybridized carbons (Fsp3) is 0.316. The molecule has 0 atom stereocenters.